The smallest absolute Gasteiger partial charge is 0.251 e. The topological polar surface area (TPSA) is 73.0 Å². The number of guanidine groups is 1. The number of aromatic amines is 1. The highest BCUT2D eigenvalue weighted by Gasteiger charge is 2.30. The maximum absolute atomic E-state index is 12.5. The second kappa shape index (κ2) is 9.51. The lowest BCUT2D eigenvalue weighted by atomic mass is 10.1. The molecule has 2 fully saturated rings. The van der Waals surface area contributed by atoms with Gasteiger partial charge in [-0.3, -0.25) is 9.79 Å². The van der Waals surface area contributed by atoms with Gasteiger partial charge < -0.3 is 24.8 Å². The zero-order chi connectivity index (χ0) is 20.9. The van der Waals surface area contributed by atoms with Crippen LogP contribution in [0, 0.1) is 0 Å². The standard InChI is InChI=1S/C23H33N5O2/c1-3-17-6-4-7-19-18(16-26-21(17)19)9-10-25-23(24-2)28-13-11-27(12-14-28)22(29)20-8-5-15-30-20/h4,6-7,16,20,26H,3,5,8-15H2,1-2H3,(H,24,25). The molecule has 2 aliphatic heterocycles. The highest BCUT2D eigenvalue weighted by Crippen LogP contribution is 2.22. The van der Waals surface area contributed by atoms with E-state index >= 15 is 0 Å². The van der Waals surface area contributed by atoms with Crippen LogP contribution in [0.3, 0.4) is 0 Å². The number of carbonyl (C=O) groups excluding carboxylic acids is 1. The number of carbonyl (C=O) groups is 1. The van der Waals surface area contributed by atoms with E-state index in [2.05, 4.69) is 51.5 Å². The molecule has 4 rings (SSSR count). The number of ether oxygens (including phenoxy) is 1. The van der Waals surface area contributed by atoms with Gasteiger partial charge in [0.15, 0.2) is 5.96 Å². The first-order chi connectivity index (χ1) is 14.7. The van der Waals surface area contributed by atoms with Gasteiger partial charge in [0.25, 0.3) is 5.91 Å². The van der Waals surface area contributed by atoms with Gasteiger partial charge in [0.05, 0.1) is 0 Å². The number of fused-ring (bicyclic) bond motifs is 1. The molecule has 7 nitrogen and oxygen atoms in total. The van der Waals surface area contributed by atoms with Crippen LogP contribution in [0.15, 0.2) is 29.4 Å². The van der Waals surface area contributed by atoms with Gasteiger partial charge in [-0.25, -0.2) is 0 Å². The van der Waals surface area contributed by atoms with Crippen LogP contribution in [0.1, 0.15) is 30.9 Å². The third kappa shape index (κ3) is 4.31. The van der Waals surface area contributed by atoms with Crippen LogP contribution in [-0.4, -0.2) is 79.1 Å². The largest absolute Gasteiger partial charge is 0.368 e. The highest BCUT2D eigenvalue weighted by atomic mass is 16.5. The molecule has 1 unspecified atom stereocenters. The zero-order valence-corrected chi connectivity index (χ0v) is 18.1. The molecule has 3 heterocycles. The van der Waals surface area contributed by atoms with Gasteiger partial charge in [0.1, 0.15) is 6.10 Å². The molecule has 2 saturated heterocycles. The summed E-state index contributed by atoms with van der Waals surface area (Å²) >= 11 is 0. The first-order valence-corrected chi connectivity index (χ1v) is 11.1. The van der Waals surface area contributed by atoms with E-state index in [1.807, 2.05) is 11.9 Å². The lowest BCUT2D eigenvalue weighted by Gasteiger charge is -2.37. The summed E-state index contributed by atoms with van der Waals surface area (Å²) in [5, 5.41) is 4.82. The van der Waals surface area contributed by atoms with Gasteiger partial charge >= 0.3 is 0 Å². The van der Waals surface area contributed by atoms with Crippen molar-refractivity contribution in [2.45, 2.75) is 38.7 Å². The molecule has 7 heteroatoms. The maximum Gasteiger partial charge on any atom is 0.251 e. The van der Waals surface area contributed by atoms with E-state index in [-0.39, 0.29) is 12.0 Å². The van der Waals surface area contributed by atoms with Crippen molar-refractivity contribution in [2.24, 2.45) is 4.99 Å². The molecule has 0 radical (unpaired) electrons. The van der Waals surface area contributed by atoms with Gasteiger partial charge in [0.2, 0.25) is 0 Å². The molecular formula is C23H33N5O2. The number of nitrogens with one attached hydrogen (secondary N) is 2. The van der Waals surface area contributed by atoms with Crippen LogP contribution in [0.4, 0.5) is 0 Å². The number of hydrogen-bond donors (Lipinski definition) is 2. The monoisotopic (exact) mass is 411 g/mol. The number of amides is 1. The fourth-order valence-electron chi connectivity index (χ4n) is 4.53. The van der Waals surface area contributed by atoms with Crippen molar-refractivity contribution in [3.63, 3.8) is 0 Å². The number of benzene rings is 1. The molecule has 2 N–H and O–H groups in total. The Bertz CT molecular complexity index is 892. The van der Waals surface area contributed by atoms with E-state index < -0.39 is 0 Å². The minimum Gasteiger partial charge on any atom is -0.368 e. The summed E-state index contributed by atoms with van der Waals surface area (Å²) in [5.41, 5.74) is 3.94. The molecule has 0 aliphatic carbocycles. The van der Waals surface area contributed by atoms with Crippen molar-refractivity contribution in [3.05, 3.63) is 35.5 Å². The average molecular weight is 412 g/mol. The Morgan fingerprint density at radius 3 is 2.73 bits per heavy atom. The Labute approximate surface area is 178 Å². The quantitative estimate of drug-likeness (QED) is 0.584. The van der Waals surface area contributed by atoms with Gasteiger partial charge in [-0.05, 0) is 36.8 Å². The van der Waals surface area contributed by atoms with Gasteiger partial charge in [0, 0.05) is 63.5 Å². The maximum atomic E-state index is 12.5. The van der Waals surface area contributed by atoms with Gasteiger partial charge in [-0.1, -0.05) is 25.1 Å². The molecule has 2 aliphatic rings. The van der Waals surface area contributed by atoms with Crippen molar-refractivity contribution in [3.8, 4) is 0 Å². The van der Waals surface area contributed by atoms with Gasteiger partial charge in [-0.2, -0.15) is 0 Å². The number of piperazine rings is 1. The fraction of sp³-hybridized carbons (Fsp3) is 0.565. The summed E-state index contributed by atoms with van der Waals surface area (Å²) in [6.45, 7) is 6.77. The summed E-state index contributed by atoms with van der Waals surface area (Å²) in [4.78, 5) is 24.6. The minimum atomic E-state index is -0.224. The van der Waals surface area contributed by atoms with E-state index in [4.69, 9.17) is 4.74 Å². The lowest BCUT2D eigenvalue weighted by molar-refractivity contribution is -0.142. The molecule has 162 valence electrons. The first-order valence-electron chi connectivity index (χ1n) is 11.1. The fourth-order valence-corrected chi connectivity index (χ4v) is 4.53. The summed E-state index contributed by atoms with van der Waals surface area (Å²) < 4.78 is 5.55. The number of aliphatic imine (C=N–C) groups is 1. The van der Waals surface area contributed by atoms with Crippen molar-refractivity contribution < 1.29 is 9.53 Å². The lowest BCUT2D eigenvalue weighted by Crippen LogP contribution is -2.55. The Balaban J connectivity index is 1.28. The second-order valence-electron chi connectivity index (χ2n) is 8.05. The van der Waals surface area contributed by atoms with Crippen LogP contribution in [0.2, 0.25) is 0 Å². The molecule has 1 atom stereocenters. The summed E-state index contributed by atoms with van der Waals surface area (Å²) in [7, 11) is 1.82. The average Bonchev–Trinajstić information content (AvgIpc) is 3.47. The zero-order valence-electron chi connectivity index (χ0n) is 18.1. The Morgan fingerprint density at radius 2 is 2.03 bits per heavy atom. The molecule has 0 bridgehead atoms. The van der Waals surface area contributed by atoms with Crippen LogP contribution >= 0.6 is 0 Å². The third-order valence-corrected chi connectivity index (χ3v) is 6.25. The van der Waals surface area contributed by atoms with Crippen molar-refractivity contribution in [1.82, 2.24) is 20.1 Å². The van der Waals surface area contributed by atoms with Crippen molar-refractivity contribution in [1.29, 1.82) is 0 Å². The predicted octanol–water partition coefficient (Wildman–Crippen LogP) is 2.17. The molecular weight excluding hydrogens is 378 g/mol. The SMILES string of the molecule is CCc1cccc2c(CCNC(=NC)N3CCN(C(=O)C4CCCO4)CC3)c[nH]c12. The number of rotatable bonds is 5. The molecule has 0 spiro atoms. The molecule has 1 aromatic heterocycles. The number of para-hydroxylation sites is 1. The van der Waals surface area contributed by atoms with Crippen molar-refractivity contribution in [2.75, 3.05) is 46.4 Å². The summed E-state index contributed by atoms with van der Waals surface area (Å²) in [5.74, 6) is 1.06. The minimum absolute atomic E-state index is 0.154. The van der Waals surface area contributed by atoms with E-state index in [0.29, 0.717) is 6.61 Å². The number of nitrogens with zero attached hydrogens (tertiary/aromatic N) is 3. The van der Waals surface area contributed by atoms with Crippen LogP contribution in [-0.2, 0) is 22.4 Å². The van der Waals surface area contributed by atoms with Gasteiger partial charge in [-0.15, -0.1) is 0 Å². The molecule has 1 aromatic carbocycles. The van der Waals surface area contributed by atoms with Crippen LogP contribution in [0.25, 0.3) is 10.9 Å². The molecule has 0 saturated carbocycles. The van der Waals surface area contributed by atoms with E-state index in [1.54, 1.807) is 0 Å². The third-order valence-electron chi connectivity index (χ3n) is 6.25. The Kier molecular flexibility index (Phi) is 6.57. The predicted molar refractivity (Wildman–Crippen MR) is 120 cm³/mol. The second-order valence-corrected chi connectivity index (χ2v) is 8.05. The van der Waals surface area contributed by atoms with E-state index in [0.717, 1.165) is 64.4 Å². The van der Waals surface area contributed by atoms with Crippen LogP contribution < -0.4 is 5.32 Å². The number of aromatic nitrogens is 1. The van der Waals surface area contributed by atoms with E-state index in [1.165, 1.54) is 22.0 Å². The molecule has 1 amide bonds. The van der Waals surface area contributed by atoms with E-state index in [9.17, 15) is 4.79 Å². The normalized spacial score (nSPS) is 20.2. The van der Waals surface area contributed by atoms with Crippen molar-refractivity contribution >= 4 is 22.8 Å². The number of aryl methyl sites for hydroxylation is 1. The molecule has 30 heavy (non-hydrogen) atoms. The number of hydrogen-bond acceptors (Lipinski definition) is 3. The Hall–Kier alpha value is -2.54. The van der Waals surface area contributed by atoms with Crippen LogP contribution in [0.5, 0.6) is 0 Å². The highest BCUT2D eigenvalue weighted by molar-refractivity contribution is 5.86. The first kappa shape index (κ1) is 20.7. The Morgan fingerprint density at radius 1 is 1.23 bits per heavy atom. The summed E-state index contributed by atoms with van der Waals surface area (Å²) in [6.07, 6.45) is 5.72. The number of H-pyrrole nitrogens is 1. The molecule has 2 aromatic rings. The summed E-state index contributed by atoms with van der Waals surface area (Å²) in [6, 6.07) is 6.52.